The molecule has 0 saturated carbocycles. The molecule has 1 saturated heterocycles. The average molecular weight is 257 g/mol. The Morgan fingerprint density at radius 3 is 2.94 bits per heavy atom. The summed E-state index contributed by atoms with van der Waals surface area (Å²) in [7, 11) is 1.58. The summed E-state index contributed by atoms with van der Waals surface area (Å²) in [5, 5.41) is 5.90. The Hall–Kier alpha value is -1.14. The summed E-state index contributed by atoms with van der Waals surface area (Å²) >= 11 is 0. The van der Waals surface area contributed by atoms with E-state index in [0.29, 0.717) is 19.7 Å². The van der Waals surface area contributed by atoms with E-state index < -0.39 is 0 Å². The van der Waals surface area contributed by atoms with E-state index >= 15 is 0 Å². The summed E-state index contributed by atoms with van der Waals surface area (Å²) in [5.74, 6) is -0.0955. The lowest BCUT2D eigenvalue weighted by atomic mass is 10.2. The minimum Gasteiger partial charge on any atom is -0.383 e. The van der Waals surface area contributed by atoms with Crippen molar-refractivity contribution >= 4 is 11.8 Å². The van der Waals surface area contributed by atoms with Crippen LogP contribution in [-0.2, 0) is 14.3 Å². The third kappa shape index (κ3) is 4.62. The predicted octanol–water partition coefficient (Wildman–Crippen LogP) is -0.650. The average Bonchev–Trinajstić information content (AvgIpc) is 2.69. The van der Waals surface area contributed by atoms with Crippen molar-refractivity contribution in [3.05, 3.63) is 0 Å². The van der Waals surface area contributed by atoms with Crippen molar-refractivity contribution in [1.29, 1.82) is 0 Å². The number of nitrogens with one attached hydrogen (secondary N) is 2. The molecule has 104 valence electrons. The fraction of sp³-hybridized carbons (Fsp3) is 0.833. The quantitative estimate of drug-likeness (QED) is 0.567. The van der Waals surface area contributed by atoms with Crippen LogP contribution in [-0.4, -0.2) is 62.7 Å². The van der Waals surface area contributed by atoms with Gasteiger partial charge in [0.15, 0.2) is 0 Å². The van der Waals surface area contributed by atoms with Gasteiger partial charge in [-0.15, -0.1) is 0 Å². The van der Waals surface area contributed by atoms with Gasteiger partial charge in [-0.25, -0.2) is 0 Å². The van der Waals surface area contributed by atoms with E-state index in [9.17, 15) is 9.59 Å². The molecule has 0 aromatic carbocycles. The van der Waals surface area contributed by atoms with Crippen LogP contribution in [0.5, 0.6) is 0 Å². The van der Waals surface area contributed by atoms with Crippen molar-refractivity contribution in [2.24, 2.45) is 0 Å². The third-order valence-electron chi connectivity index (χ3n) is 2.90. The van der Waals surface area contributed by atoms with Gasteiger partial charge in [0.05, 0.1) is 19.2 Å². The maximum atomic E-state index is 11.9. The van der Waals surface area contributed by atoms with Crippen LogP contribution in [0.15, 0.2) is 0 Å². The number of amides is 2. The highest BCUT2D eigenvalue weighted by atomic mass is 16.5. The van der Waals surface area contributed by atoms with Gasteiger partial charge in [0, 0.05) is 20.2 Å². The molecule has 0 aliphatic carbocycles. The standard InChI is InChI=1S/C12H23N3O3/c1-3-5-13-10-4-7-15(12(10)17)9-11(16)14-6-8-18-2/h10,13H,3-9H2,1-2H3,(H,14,16). The smallest absolute Gasteiger partial charge is 0.240 e. The van der Waals surface area contributed by atoms with Gasteiger partial charge in [-0.05, 0) is 19.4 Å². The van der Waals surface area contributed by atoms with Gasteiger partial charge < -0.3 is 20.3 Å². The van der Waals surface area contributed by atoms with E-state index in [1.165, 1.54) is 0 Å². The van der Waals surface area contributed by atoms with Gasteiger partial charge in [0.25, 0.3) is 0 Å². The van der Waals surface area contributed by atoms with Gasteiger partial charge >= 0.3 is 0 Å². The number of methoxy groups -OCH3 is 1. The van der Waals surface area contributed by atoms with E-state index in [-0.39, 0.29) is 24.4 Å². The fourth-order valence-corrected chi connectivity index (χ4v) is 1.93. The second-order valence-electron chi connectivity index (χ2n) is 4.40. The molecule has 1 fully saturated rings. The number of likely N-dealkylation sites (tertiary alicyclic amines) is 1. The highest BCUT2D eigenvalue weighted by Gasteiger charge is 2.31. The summed E-state index contributed by atoms with van der Waals surface area (Å²) in [6.07, 6.45) is 1.78. The van der Waals surface area contributed by atoms with Crippen LogP contribution in [0.1, 0.15) is 19.8 Å². The molecule has 1 atom stereocenters. The molecule has 1 heterocycles. The largest absolute Gasteiger partial charge is 0.383 e. The van der Waals surface area contributed by atoms with Crippen LogP contribution in [0.3, 0.4) is 0 Å². The first-order valence-corrected chi connectivity index (χ1v) is 6.46. The molecular formula is C12H23N3O3. The highest BCUT2D eigenvalue weighted by molar-refractivity contribution is 5.89. The van der Waals surface area contributed by atoms with E-state index in [2.05, 4.69) is 17.6 Å². The molecule has 6 nitrogen and oxygen atoms in total. The molecule has 1 unspecified atom stereocenters. The molecule has 2 amide bonds. The van der Waals surface area contributed by atoms with Crippen LogP contribution in [0.25, 0.3) is 0 Å². The number of hydrogen-bond donors (Lipinski definition) is 2. The maximum absolute atomic E-state index is 11.9. The Bertz CT molecular complexity index is 284. The Balaban J connectivity index is 2.27. The molecule has 1 rings (SSSR count). The van der Waals surface area contributed by atoms with E-state index in [0.717, 1.165) is 19.4 Å². The minimum absolute atomic E-state index is 0.0327. The number of hydrogen-bond acceptors (Lipinski definition) is 4. The molecule has 18 heavy (non-hydrogen) atoms. The fourth-order valence-electron chi connectivity index (χ4n) is 1.93. The number of rotatable bonds is 8. The molecular weight excluding hydrogens is 234 g/mol. The molecule has 0 aromatic heterocycles. The van der Waals surface area contributed by atoms with Crippen molar-refractivity contribution in [3.63, 3.8) is 0 Å². The van der Waals surface area contributed by atoms with Crippen molar-refractivity contribution in [1.82, 2.24) is 15.5 Å². The number of carbonyl (C=O) groups is 2. The highest BCUT2D eigenvalue weighted by Crippen LogP contribution is 2.10. The van der Waals surface area contributed by atoms with Crippen molar-refractivity contribution < 1.29 is 14.3 Å². The SMILES string of the molecule is CCCNC1CCN(CC(=O)NCCOC)C1=O. The molecule has 6 heteroatoms. The molecule has 1 aliphatic heterocycles. The lowest BCUT2D eigenvalue weighted by molar-refractivity contribution is -0.134. The molecule has 0 bridgehead atoms. The first-order valence-electron chi connectivity index (χ1n) is 6.46. The molecule has 0 radical (unpaired) electrons. The van der Waals surface area contributed by atoms with Crippen molar-refractivity contribution in [2.45, 2.75) is 25.8 Å². The van der Waals surface area contributed by atoms with Crippen molar-refractivity contribution in [2.75, 3.05) is 39.9 Å². The maximum Gasteiger partial charge on any atom is 0.240 e. The van der Waals surface area contributed by atoms with E-state index in [1.807, 2.05) is 0 Å². The zero-order valence-electron chi connectivity index (χ0n) is 11.2. The lowest BCUT2D eigenvalue weighted by Crippen LogP contribution is -2.43. The summed E-state index contributed by atoms with van der Waals surface area (Å²) in [5.41, 5.74) is 0. The first-order chi connectivity index (χ1) is 8.69. The van der Waals surface area contributed by atoms with Gasteiger partial charge in [-0.2, -0.15) is 0 Å². The summed E-state index contributed by atoms with van der Waals surface area (Å²) in [6.45, 7) is 4.66. The lowest BCUT2D eigenvalue weighted by Gasteiger charge is -2.16. The van der Waals surface area contributed by atoms with E-state index in [1.54, 1.807) is 12.0 Å². The van der Waals surface area contributed by atoms with Crippen LogP contribution < -0.4 is 10.6 Å². The van der Waals surface area contributed by atoms with Crippen LogP contribution in [0.4, 0.5) is 0 Å². The summed E-state index contributed by atoms with van der Waals surface area (Å²) in [4.78, 5) is 25.1. The Morgan fingerprint density at radius 2 is 2.28 bits per heavy atom. The topological polar surface area (TPSA) is 70.7 Å². The third-order valence-corrected chi connectivity index (χ3v) is 2.90. The number of carbonyl (C=O) groups excluding carboxylic acids is 2. The minimum atomic E-state index is -0.128. The second kappa shape index (κ2) is 8.05. The zero-order chi connectivity index (χ0) is 13.4. The Kier molecular flexibility index (Phi) is 6.67. The zero-order valence-corrected chi connectivity index (χ0v) is 11.2. The van der Waals surface area contributed by atoms with Crippen LogP contribution >= 0.6 is 0 Å². The van der Waals surface area contributed by atoms with Gasteiger partial charge in [-0.1, -0.05) is 6.92 Å². The second-order valence-corrected chi connectivity index (χ2v) is 4.40. The molecule has 0 aromatic rings. The van der Waals surface area contributed by atoms with Gasteiger partial charge in [-0.3, -0.25) is 9.59 Å². The molecule has 0 spiro atoms. The molecule has 2 N–H and O–H groups in total. The van der Waals surface area contributed by atoms with Crippen LogP contribution in [0.2, 0.25) is 0 Å². The first kappa shape index (κ1) is 14.9. The summed E-state index contributed by atoms with van der Waals surface area (Å²) in [6, 6.07) is -0.114. The van der Waals surface area contributed by atoms with Gasteiger partial charge in [0.1, 0.15) is 0 Å². The predicted molar refractivity (Wildman–Crippen MR) is 68.2 cm³/mol. The normalized spacial score (nSPS) is 19.3. The summed E-state index contributed by atoms with van der Waals surface area (Å²) < 4.78 is 4.84. The Labute approximate surface area is 108 Å². The van der Waals surface area contributed by atoms with Crippen molar-refractivity contribution in [3.8, 4) is 0 Å². The van der Waals surface area contributed by atoms with E-state index in [4.69, 9.17) is 4.74 Å². The molecule has 1 aliphatic rings. The monoisotopic (exact) mass is 257 g/mol. The van der Waals surface area contributed by atoms with Gasteiger partial charge in [0.2, 0.25) is 11.8 Å². The number of nitrogens with zero attached hydrogens (tertiary/aromatic N) is 1. The van der Waals surface area contributed by atoms with Crippen LogP contribution in [0, 0.1) is 0 Å². The Morgan fingerprint density at radius 1 is 1.50 bits per heavy atom. The number of ether oxygens (including phenoxy) is 1.